The van der Waals surface area contributed by atoms with Crippen molar-refractivity contribution in [1.82, 2.24) is 4.90 Å². The third-order valence-corrected chi connectivity index (χ3v) is 3.07. The molecule has 0 radical (unpaired) electrons. The summed E-state index contributed by atoms with van der Waals surface area (Å²) in [6.45, 7) is 15.1. The van der Waals surface area contributed by atoms with Crippen LogP contribution in [0.4, 0.5) is 0 Å². The second-order valence-electron chi connectivity index (χ2n) is 6.76. The quantitative estimate of drug-likeness (QED) is 0.785. The van der Waals surface area contributed by atoms with Gasteiger partial charge in [-0.1, -0.05) is 20.8 Å². The number of aliphatic hydroxyl groups excluding tert-OH is 1. The first-order chi connectivity index (χ1) is 7.10. The van der Waals surface area contributed by atoms with Crippen molar-refractivity contribution in [2.24, 2.45) is 5.41 Å². The van der Waals surface area contributed by atoms with E-state index in [2.05, 4.69) is 46.4 Å². The molecule has 2 atom stereocenters. The summed E-state index contributed by atoms with van der Waals surface area (Å²) in [5.41, 5.74) is -0.152. The van der Waals surface area contributed by atoms with Crippen LogP contribution in [0, 0.1) is 5.41 Å². The van der Waals surface area contributed by atoms with Crippen LogP contribution in [0.15, 0.2) is 0 Å². The molecule has 16 heavy (non-hydrogen) atoms. The molecule has 0 saturated carbocycles. The average molecular weight is 229 g/mol. The van der Waals surface area contributed by atoms with Crippen molar-refractivity contribution in [3.05, 3.63) is 0 Å². The van der Waals surface area contributed by atoms with E-state index in [1.54, 1.807) is 0 Å². The van der Waals surface area contributed by atoms with Crippen molar-refractivity contribution in [2.45, 2.75) is 59.4 Å². The first-order valence-electron chi connectivity index (χ1n) is 6.18. The summed E-state index contributed by atoms with van der Waals surface area (Å²) < 4.78 is 5.85. The first-order valence-corrected chi connectivity index (χ1v) is 6.18. The second-order valence-corrected chi connectivity index (χ2v) is 6.76. The lowest BCUT2D eigenvalue weighted by Crippen LogP contribution is -2.54. The molecule has 0 amide bonds. The molecule has 96 valence electrons. The Morgan fingerprint density at radius 3 is 2.44 bits per heavy atom. The molecular formula is C13H27NO2. The zero-order valence-electron chi connectivity index (χ0n) is 11.6. The van der Waals surface area contributed by atoms with Gasteiger partial charge in [-0.2, -0.15) is 0 Å². The molecule has 0 bridgehead atoms. The lowest BCUT2D eigenvalue weighted by atomic mass is 9.88. The maximum Gasteiger partial charge on any atom is 0.0757 e. The molecule has 3 nitrogen and oxygen atoms in total. The van der Waals surface area contributed by atoms with E-state index in [1.807, 2.05) is 0 Å². The average Bonchev–Trinajstić information content (AvgIpc) is 1.97. The fourth-order valence-electron chi connectivity index (χ4n) is 2.24. The predicted octanol–water partition coefficient (Wildman–Crippen LogP) is 1.89. The van der Waals surface area contributed by atoms with Crippen LogP contribution in [0.2, 0.25) is 0 Å². The van der Waals surface area contributed by atoms with Crippen LogP contribution < -0.4 is 0 Å². The number of hydrogen-bond donors (Lipinski definition) is 1. The minimum atomic E-state index is -0.284. The van der Waals surface area contributed by atoms with Gasteiger partial charge >= 0.3 is 0 Å². The lowest BCUT2D eigenvalue weighted by Gasteiger charge is -2.43. The van der Waals surface area contributed by atoms with E-state index in [-0.39, 0.29) is 23.2 Å². The highest BCUT2D eigenvalue weighted by Gasteiger charge is 2.33. The smallest absolute Gasteiger partial charge is 0.0757 e. The number of hydrogen-bond acceptors (Lipinski definition) is 3. The van der Waals surface area contributed by atoms with E-state index < -0.39 is 0 Å². The van der Waals surface area contributed by atoms with Crippen molar-refractivity contribution in [3.8, 4) is 0 Å². The normalized spacial score (nSPS) is 29.1. The Morgan fingerprint density at radius 1 is 1.44 bits per heavy atom. The first kappa shape index (κ1) is 13.9. The maximum absolute atomic E-state index is 10.1. The Balaban J connectivity index is 2.55. The van der Waals surface area contributed by atoms with Gasteiger partial charge in [0.05, 0.1) is 17.8 Å². The summed E-state index contributed by atoms with van der Waals surface area (Å²) >= 11 is 0. The molecule has 0 aromatic rings. The van der Waals surface area contributed by atoms with Crippen LogP contribution in [0.25, 0.3) is 0 Å². The van der Waals surface area contributed by atoms with Crippen molar-refractivity contribution >= 4 is 0 Å². The van der Waals surface area contributed by atoms with Gasteiger partial charge in [0.25, 0.3) is 0 Å². The van der Waals surface area contributed by atoms with E-state index >= 15 is 0 Å². The molecular weight excluding hydrogens is 202 g/mol. The zero-order valence-corrected chi connectivity index (χ0v) is 11.6. The highest BCUT2D eigenvalue weighted by Crippen LogP contribution is 2.24. The van der Waals surface area contributed by atoms with Gasteiger partial charge < -0.3 is 9.84 Å². The van der Waals surface area contributed by atoms with Crippen molar-refractivity contribution in [1.29, 1.82) is 0 Å². The third kappa shape index (κ3) is 4.04. The molecule has 1 heterocycles. The van der Waals surface area contributed by atoms with Gasteiger partial charge in [-0.05, 0) is 26.2 Å². The molecule has 0 spiro atoms. The van der Waals surface area contributed by atoms with Gasteiger partial charge in [-0.15, -0.1) is 0 Å². The summed E-state index contributed by atoms with van der Waals surface area (Å²) in [6.07, 6.45) is -0.0375. The Labute approximate surface area is 99.8 Å². The standard InChI is InChI=1S/C13H27NO2/c1-10-7-14(9-13(5,6)16-10)8-11(15)12(2,3)4/h10-11,15H,7-9H2,1-6H3. The van der Waals surface area contributed by atoms with Crippen molar-refractivity contribution in [2.75, 3.05) is 19.6 Å². The van der Waals surface area contributed by atoms with Crippen LogP contribution in [0.1, 0.15) is 41.5 Å². The molecule has 1 aliphatic heterocycles. The van der Waals surface area contributed by atoms with Gasteiger partial charge in [0.2, 0.25) is 0 Å². The summed E-state index contributed by atoms with van der Waals surface area (Å²) in [6, 6.07) is 0. The summed E-state index contributed by atoms with van der Waals surface area (Å²) in [5, 5.41) is 10.1. The largest absolute Gasteiger partial charge is 0.391 e. The fraction of sp³-hybridized carbons (Fsp3) is 1.00. The molecule has 3 heteroatoms. The number of β-amino-alcohol motifs (C(OH)–C–C–N with tert-alkyl or cyclic N) is 1. The monoisotopic (exact) mass is 229 g/mol. The lowest BCUT2D eigenvalue weighted by molar-refractivity contribution is -0.137. The summed E-state index contributed by atoms with van der Waals surface area (Å²) in [7, 11) is 0. The van der Waals surface area contributed by atoms with Crippen LogP contribution in [-0.2, 0) is 4.74 Å². The van der Waals surface area contributed by atoms with Gasteiger partial charge in [-0.3, -0.25) is 4.90 Å². The van der Waals surface area contributed by atoms with Gasteiger partial charge in [-0.25, -0.2) is 0 Å². The van der Waals surface area contributed by atoms with Crippen LogP contribution in [0.3, 0.4) is 0 Å². The van der Waals surface area contributed by atoms with Crippen LogP contribution in [0.5, 0.6) is 0 Å². The van der Waals surface area contributed by atoms with Gasteiger partial charge in [0.15, 0.2) is 0 Å². The topological polar surface area (TPSA) is 32.7 Å². The number of rotatable bonds is 2. The fourth-order valence-corrected chi connectivity index (χ4v) is 2.24. The molecule has 1 fully saturated rings. The number of ether oxygens (including phenoxy) is 1. The Hall–Kier alpha value is -0.120. The molecule has 0 aromatic heterocycles. The van der Waals surface area contributed by atoms with Crippen LogP contribution >= 0.6 is 0 Å². The molecule has 1 aliphatic rings. The van der Waals surface area contributed by atoms with Crippen molar-refractivity contribution < 1.29 is 9.84 Å². The molecule has 1 rings (SSSR count). The Kier molecular flexibility index (Phi) is 4.04. The van der Waals surface area contributed by atoms with E-state index in [9.17, 15) is 5.11 Å². The van der Waals surface area contributed by atoms with Crippen molar-refractivity contribution in [3.63, 3.8) is 0 Å². The molecule has 1 saturated heterocycles. The molecule has 0 aromatic carbocycles. The maximum atomic E-state index is 10.1. The number of morpholine rings is 1. The number of nitrogens with zero attached hydrogens (tertiary/aromatic N) is 1. The van der Waals surface area contributed by atoms with E-state index in [0.29, 0.717) is 0 Å². The third-order valence-electron chi connectivity index (χ3n) is 3.07. The van der Waals surface area contributed by atoms with Gasteiger partial charge in [0.1, 0.15) is 0 Å². The van der Waals surface area contributed by atoms with Crippen LogP contribution in [-0.4, -0.2) is 47.4 Å². The summed E-state index contributed by atoms with van der Waals surface area (Å²) in [5.74, 6) is 0. The Morgan fingerprint density at radius 2 is 2.00 bits per heavy atom. The zero-order chi connectivity index (χ0) is 12.6. The second kappa shape index (κ2) is 4.63. The predicted molar refractivity (Wildman–Crippen MR) is 66.5 cm³/mol. The van der Waals surface area contributed by atoms with Gasteiger partial charge in [0, 0.05) is 19.6 Å². The minimum Gasteiger partial charge on any atom is -0.391 e. The molecule has 0 aliphatic carbocycles. The molecule has 2 unspecified atom stereocenters. The highest BCUT2D eigenvalue weighted by atomic mass is 16.5. The highest BCUT2D eigenvalue weighted by molar-refractivity contribution is 4.85. The van der Waals surface area contributed by atoms with E-state index in [4.69, 9.17) is 4.74 Å². The Bertz CT molecular complexity index is 233. The number of aliphatic hydroxyl groups is 1. The van der Waals surface area contributed by atoms with E-state index in [1.165, 1.54) is 0 Å². The molecule has 1 N–H and O–H groups in total. The van der Waals surface area contributed by atoms with E-state index in [0.717, 1.165) is 19.6 Å². The minimum absolute atomic E-state index is 0.0499. The summed E-state index contributed by atoms with van der Waals surface area (Å²) in [4.78, 5) is 2.31. The SMILES string of the molecule is CC1CN(CC(O)C(C)(C)C)CC(C)(C)O1.